The second-order valence-corrected chi connectivity index (χ2v) is 13.3. The zero-order valence-electron chi connectivity index (χ0n) is 30.7. The van der Waals surface area contributed by atoms with Crippen LogP contribution in [0.15, 0.2) is 24.3 Å². The molecule has 0 aromatic rings. The third kappa shape index (κ3) is 33.6. The SMILES string of the molecule is CCCCCCCC/C=C/CCCCCCCC(=O)NCCCN(CC)C(=O)CCCCCCC/C=C/CCCCCCCC. The molecular weight excluding hydrogens is 552 g/mol. The van der Waals surface area contributed by atoms with Crippen molar-refractivity contribution < 1.29 is 9.59 Å². The Labute approximate surface area is 282 Å². The van der Waals surface area contributed by atoms with Crippen LogP contribution in [0, 0.1) is 0 Å². The molecular formula is C41H78N2O2. The summed E-state index contributed by atoms with van der Waals surface area (Å²) in [6.45, 7) is 8.77. The molecule has 0 rings (SSSR count). The van der Waals surface area contributed by atoms with Crippen LogP contribution in [0.5, 0.6) is 0 Å². The van der Waals surface area contributed by atoms with Gasteiger partial charge in [-0.1, -0.05) is 141 Å². The molecule has 2 amide bonds. The molecule has 1 N–H and O–H groups in total. The predicted molar refractivity (Wildman–Crippen MR) is 199 cm³/mol. The van der Waals surface area contributed by atoms with E-state index in [0.29, 0.717) is 19.4 Å². The molecule has 0 saturated carbocycles. The molecule has 45 heavy (non-hydrogen) atoms. The zero-order valence-corrected chi connectivity index (χ0v) is 30.7. The fourth-order valence-electron chi connectivity index (χ4n) is 5.91. The zero-order chi connectivity index (χ0) is 32.9. The summed E-state index contributed by atoms with van der Waals surface area (Å²) in [5.41, 5.74) is 0. The Hall–Kier alpha value is -1.58. The molecule has 264 valence electrons. The number of allylic oxidation sites excluding steroid dienone is 4. The molecule has 4 nitrogen and oxygen atoms in total. The van der Waals surface area contributed by atoms with Crippen molar-refractivity contribution in [3.05, 3.63) is 24.3 Å². The maximum absolute atomic E-state index is 12.6. The first kappa shape index (κ1) is 43.4. The molecule has 0 aromatic carbocycles. The van der Waals surface area contributed by atoms with Gasteiger partial charge in [0.1, 0.15) is 0 Å². The van der Waals surface area contributed by atoms with Crippen molar-refractivity contribution in [3.8, 4) is 0 Å². The second-order valence-electron chi connectivity index (χ2n) is 13.3. The summed E-state index contributed by atoms with van der Waals surface area (Å²) in [6, 6.07) is 0. The lowest BCUT2D eigenvalue weighted by Crippen LogP contribution is -2.34. The van der Waals surface area contributed by atoms with Crippen molar-refractivity contribution in [2.24, 2.45) is 0 Å². The Bertz CT molecular complexity index is 687. The fraction of sp³-hybridized carbons (Fsp3) is 0.854. The first-order valence-electron chi connectivity index (χ1n) is 20.0. The van der Waals surface area contributed by atoms with E-state index in [2.05, 4.69) is 50.4 Å². The highest BCUT2D eigenvalue weighted by molar-refractivity contribution is 5.76. The average molecular weight is 631 g/mol. The molecule has 0 unspecified atom stereocenters. The lowest BCUT2D eigenvalue weighted by Gasteiger charge is -2.21. The Balaban J connectivity index is 3.56. The maximum Gasteiger partial charge on any atom is 0.222 e. The smallest absolute Gasteiger partial charge is 0.222 e. The standard InChI is InChI=1S/C41H78N2O2/c1-4-7-9-11-13-15-17-19-21-23-25-27-29-31-33-36-40(44)42-38-35-39-43(6-3)41(45)37-34-32-30-28-26-24-22-20-18-16-14-12-10-8-5-2/h19-22H,4-18,23-39H2,1-3H3,(H,42,44)/b21-19+,22-20+. The van der Waals surface area contributed by atoms with Gasteiger partial charge in [-0.15, -0.1) is 0 Å². The molecule has 0 bridgehead atoms. The third-order valence-electron chi connectivity index (χ3n) is 8.98. The van der Waals surface area contributed by atoms with Gasteiger partial charge in [-0.25, -0.2) is 0 Å². The maximum atomic E-state index is 12.6. The highest BCUT2D eigenvalue weighted by atomic mass is 16.2. The highest BCUT2D eigenvalue weighted by Gasteiger charge is 2.11. The van der Waals surface area contributed by atoms with Gasteiger partial charge < -0.3 is 10.2 Å². The van der Waals surface area contributed by atoms with Gasteiger partial charge in [0.2, 0.25) is 11.8 Å². The summed E-state index contributed by atoms with van der Waals surface area (Å²) in [4.78, 5) is 26.8. The van der Waals surface area contributed by atoms with E-state index in [4.69, 9.17) is 0 Å². The van der Waals surface area contributed by atoms with Crippen LogP contribution in [0.3, 0.4) is 0 Å². The first-order chi connectivity index (χ1) is 22.2. The van der Waals surface area contributed by atoms with Crippen molar-refractivity contribution in [3.63, 3.8) is 0 Å². The summed E-state index contributed by atoms with van der Waals surface area (Å²) < 4.78 is 0. The van der Waals surface area contributed by atoms with Crippen molar-refractivity contribution in [1.82, 2.24) is 10.2 Å². The van der Waals surface area contributed by atoms with Gasteiger partial charge in [-0.2, -0.15) is 0 Å². The van der Waals surface area contributed by atoms with Gasteiger partial charge in [-0.3, -0.25) is 9.59 Å². The number of hydrogen-bond donors (Lipinski definition) is 1. The van der Waals surface area contributed by atoms with Gasteiger partial charge in [0, 0.05) is 32.5 Å². The molecule has 0 heterocycles. The molecule has 0 fully saturated rings. The van der Waals surface area contributed by atoms with Crippen LogP contribution < -0.4 is 5.32 Å². The Morgan fingerprint density at radius 1 is 0.467 bits per heavy atom. The minimum Gasteiger partial charge on any atom is -0.356 e. The number of nitrogens with one attached hydrogen (secondary N) is 1. The Morgan fingerprint density at radius 2 is 0.844 bits per heavy atom. The van der Waals surface area contributed by atoms with Gasteiger partial charge in [0.25, 0.3) is 0 Å². The van der Waals surface area contributed by atoms with Gasteiger partial charge in [0.15, 0.2) is 0 Å². The number of carbonyl (C=O) groups excluding carboxylic acids is 2. The molecule has 0 aromatic heterocycles. The van der Waals surface area contributed by atoms with E-state index in [0.717, 1.165) is 45.2 Å². The van der Waals surface area contributed by atoms with Crippen LogP contribution in [0.25, 0.3) is 0 Å². The molecule has 0 spiro atoms. The van der Waals surface area contributed by atoms with Crippen LogP contribution in [0.2, 0.25) is 0 Å². The first-order valence-corrected chi connectivity index (χ1v) is 20.0. The topological polar surface area (TPSA) is 49.4 Å². The van der Waals surface area contributed by atoms with Crippen molar-refractivity contribution in [2.75, 3.05) is 19.6 Å². The van der Waals surface area contributed by atoms with Crippen LogP contribution in [0.4, 0.5) is 0 Å². The number of unbranched alkanes of at least 4 members (excludes halogenated alkanes) is 22. The largest absolute Gasteiger partial charge is 0.356 e. The molecule has 0 radical (unpaired) electrons. The number of rotatable bonds is 35. The molecule has 0 aliphatic rings. The lowest BCUT2D eigenvalue weighted by molar-refractivity contribution is -0.131. The summed E-state index contributed by atoms with van der Waals surface area (Å²) in [5, 5.41) is 3.06. The molecule has 0 atom stereocenters. The van der Waals surface area contributed by atoms with Crippen LogP contribution in [-0.2, 0) is 9.59 Å². The molecule has 0 saturated heterocycles. The van der Waals surface area contributed by atoms with Gasteiger partial charge >= 0.3 is 0 Å². The summed E-state index contributed by atoms with van der Waals surface area (Å²) in [6.07, 6.45) is 44.8. The molecule has 4 heteroatoms. The number of nitrogens with zero attached hydrogens (tertiary/aromatic N) is 1. The third-order valence-corrected chi connectivity index (χ3v) is 8.98. The summed E-state index contributed by atoms with van der Waals surface area (Å²) in [5.74, 6) is 0.435. The molecule has 0 aliphatic carbocycles. The van der Waals surface area contributed by atoms with E-state index in [1.54, 1.807) is 0 Å². The van der Waals surface area contributed by atoms with E-state index in [9.17, 15) is 9.59 Å². The lowest BCUT2D eigenvalue weighted by atomic mass is 10.1. The van der Waals surface area contributed by atoms with Crippen LogP contribution >= 0.6 is 0 Å². The average Bonchev–Trinajstić information content (AvgIpc) is 3.04. The van der Waals surface area contributed by atoms with Gasteiger partial charge in [-0.05, 0) is 77.6 Å². The van der Waals surface area contributed by atoms with E-state index < -0.39 is 0 Å². The van der Waals surface area contributed by atoms with Crippen molar-refractivity contribution in [2.45, 2.75) is 207 Å². The minimum absolute atomic E-state index is 0.162. The number of hydrogen-bond acceptors (Lipinski definition) is 2. The van der Waals surface area contributed by atoms with Crippen LogP contribution in [-0.4, -0.2) is 36.3 Å². The van der Waals surface area contributed by atoms with Crippen molar-refractivity contribution >= 4 is 11.8 Å². The van der Waals surface area contributed by atoms with E-state index in [-0.39, 0.29) is 11.8 Å². The van der Waals surface area contributed by atoms with Gasteiger partial charge in [0.05, 0.1) is 0 Å². The van der Waals surface area contributed by atoms with Crippen LogP contribution in [0.1, 0.15) is 207 Å². The van der Waals surface area contributed by atoms with E-state index in [1.165, 1.54) is 141 Å². The Morgan fingerprint density at radius 3 is 1.27 bits per heavy atom. The normalized spacial score (nSPS) is 11.6. The summed E-state index contributed by atoms with van der Waals surface area (Å²) >= 11 is 0. The quantitative estimate of drug-likeness (QED) is 0.0559. The summed E-state index contributed by atoms with van der Waals surface area (Å²) in [7, 11) is 0. The van der Waals surface area contributed by atoms with E-state index in [1.807, 2.05) is 4.90 Å². The predicted octanol–water partition coefficient (Wildman–Crippen LogP) is 12.4. The van der Waals surface area contributed by atoms with Crippen molar-refractivity contribution in [1.29, 1.82) is 0 Å². The minimum atomic E-state index is 0.162. The van der Waals surface area contributed by atoms with E-state index >= 15 is 0 Å². The Kier molecular flexibility index (Phi) is 35.6. The molecule has 0 aliphatic heterocycles. The second kappa shape index (κ2) is 36.9. The fourth-order valence-corrected chi connectivity index (χ4v) is 5.91. The monoisotopic (exact) mass is 631 g/mol. The number of carbonyl (C=O) groups is 2. The number of amides is 2. The highest BCUT2D eigenvalue weighted by Crippen LogP contribution is 2.12.